The van der Waals surface area contributed by atoms with Gasteiger partial charge >= 0.3 is 0 Å². The van der Waals surface area contributed by atoms with Crippen LogP contribution in [0.4, 0.5) is 5.69 Å². The molecule has 3 rings (SSSR count). The largest absolute Gasteiger partial charge is 0.497 e. The first kappa shape index (κ1) is 21.1. The number of rotatable bonds is 9. The first-order chi connectivity index (χ1) is 14.6. The molecule has 7 nitrogen and oxygen atoms in total. The number of amides is 1. The molecule has 3 aromatic rings. The van der Waals surface area contributed by atoms with Crippen molar-refractivity contribution in [2.75, 3.05) is 33.8 Å². The summed E-state index contributed by atoms with van der Waals surface area (Å²) in [6.07, 6.45) is 4.12. The quantitative estimate of drug-likeness (QED) is 0.574. The smallest absolute Gasteiger partial charge is 0.226 e. The summed E-state index contributed by atoms with van der Waals surface area (Å²) in [5.74, 6) is 2.02. The van der Waals surface area contributed by atoms with Gasteiger partial charge in [-0.15, -0.1) is 0 Å². The Morgan fingerprint density at radius 3 is 2.13 bits per heavy atom. The van der Waals surface area contributed by atoms with E-state index < -0.39 is 0 Å². The molecule has 0 radical (unpaired) electrons. The lowest BCUT2D eigenvalue weighted by atomic mass is 10.0. The molecule has 0 bridgehead atoms. The van der Waals surface area contributed by atoms with Crippen molar-refractivity contribution in [3.8, 4) is 23.0 Å². The second-order valence-electron chi connectivity index (χ2n) is 6.59. The molecule has 0 unspecified atom stereocenters. The van der Waals surface area contributed by atoms with Gasteiger partial charge in [-0.25, -0.2) is 0 Å². The van der Waals surface area contributed by atoms with Gasteiger partial charge in [0.2, 0.25) is 11.7 Å². The van der Waals surface area contributed by atoms with Crippen molar-refractivity contribution in [1.82, 2.24) is 4.57 Å². The van der Waals surface area contributed by atoms with E-state index in [0.717, 1.165) is 11.3 Å². The molecule has 1 N–H and O–H groups in total. The molecule has 1 aromatic heterocycles. The number of benzene rings is 2. The van der Waals surface area contributed by atoms with Crippen LogP contribution < -0.4 is 24.3 Å². The van der Waals surface area contributed by atoms with Gasteiger partial charge in [0, 0.05) is 30.2 Å². The molecule has 0 aliphatic heterocycles. The Balaban J connectivity index is 1.85. The minimum absolute atomic E-state index is 0.147. The number of carbonyl (C=O) groups excluding carboxylic acids is 1. The maximum absolute atomic E-state index is 12.9. The number of anilines is 1. The van der Waals surface area contributed by atoms with Crippen molar-refractivity contribution >= 4 is 11.6 Å². The molecule has 1 atom stereocenters. The lowest BCUT2D eigenvalue weighted by molar-refractivity contribution is -0.116. The van der Waals surface area contributed by atoms with Crippen molar-refractivity contribution in [2.24, 2.45) is 0 Å². The van der Waals surface area contributed by atoms with Crippen molar-refractivity contribution < 1.29 is 23.7 Å². The average Bonchev–Trinajstić information content (AvgIpc) is 3.31. The highest BCUT2D eigenvalue weighted by Gasteiger charge is 2.20. The van der Waals surface area contributed by atoms with E-state index in [4.69, 9.17) is 18.9 Å². The highest BCUT2D eigenvalue weighted by molar-refractivity contribution is 5.92. The highest BCUT2D eigenvalue weighted by atomic mass is 16.5. The fourth-order valence-corrected chi connectivity index (χ4v) is 3.34. The first-order valence-electron chi connectivity index (χ1n) is 9.45. The van der Waals surface area contributed by atoms with Gasteiger partial charge in [0.25, 0.3) is 0 Å². The van der Waals surface area contributed by atoms with Crippen LogP contribution in [0, 0.1) is 0 Å². The zero-order valence-electron chi connectivity index (χ0n) is 17.5. The minimum atomic E-state index is -0.183. The molecule has 2 aromatic carbocycles. The number of ether oxygens (including phenoxy) is 4. The Labute approximate surface area is 176 Å². The summed E-state index contributed by atoms with van der Waals surface area (Å²) in [6.45, 7) is 0. The van der Waals surface area contributed by atoms with Crippen molar-refractivity contribution in [2.45, 2.75) is 12.5 Å². The van der Waals surface area contributed by atoms with Crippen LogP contribution in [-0.4, -0.2) is 38.9 Å². The molecule has 158 valence electrons. The van der Waals surface area contributed by atoms with E-state index in [1.807, 2.05) is 53.4 Å². The molecule has 7 heteroatoms. The summed E-state index contributed by atoms with van der Waals surface area (Å²) in [5, 5.41) is 2.93. The zero-order valence-corrected chi connectivity index (χ0v) is 17.5. The zero-order chi connectivity index (χ0) is 21.5. The summed E-state index contributed by atoms with van der Waals surface area (Å²) in [6, 6.07) is 14.8. The van der Waals surface area contributed by atoms with Crippen molar-refractivity contribution in [3.63, 3.8) is 0 Å². The monoisotopic (exact) mass is 410 g/mol. The van der Waals surface area contributed by atoms with E-state index >= 15 is 0 Å². The number of methoxy groups -OCH3 is 4. The normalized spacial score (nSPS) is 11.5. The van der Waals surface area contributed by atoms with Crippen LogP contribution in [0.2, 0.25) is 0 Å². The lowest BCUT2D eigenvalue weighted by Crippen LogP contribution is -2.19. The van der Waals surface area contributed by atoms with Gasteiger partial charge in [-0.05, 0) is 29.8 Å². The molecular weight excluding hydrogens is 384 g/mol. The molecule has 0 aliphatic rings. The number of aromatic nitrogens is 1. The number of carbonyl (C=O) groups is 1. The summed E-state index contributed by atoms with van der Waals surface area (Å²) < 4.78 is 23.4. The van der Waals surface area contributed by atoms with E-state index in [2.05, 4.69) is 5.32 Å². The summed E-state index contributed by atoms with van der Waals surface area (Å²) >= 11 is 0. The van der Waals surface area contributed by atoms with Gasteiger partial charge in [0.1, 0.15) is 5.75 Å². The van der Waals surface area contributed by atoms with E-state index in [-0.39, 0.29) is 18.4 Å². The Morgan fingerprint density at radius 2 is 1.57 bits per heavy atom. The van der Waals surface area contributed by atoms with Crippen LogP contribution in [0.5, 0.6) is 23.0 Å². The molecule has 0 spiro atoms. The summed E-state index contributed by atoms with van der Waals surface area (Å²) in [5.41, 5.74) is 1.54. The second-order valence-corrected chi connectivity index (χ2v) is 6.59. The average molecular weight is 410 g/mol. The molecule has 1 heterocycles. The second kappa shape index (κ2) is 9.73. The van der Waals surface area contributed by atoms with Gasteiger partial charge < -0.3 is 28.8 Å². The third-order valence-corrected chi connectivity index (χ3v) is 4.79. The molecule has 0 fully saturated rings. The van der Waals surface area contributed by atoms with Gasteiger partial charge in [-0.2, -0.15) is 0 Å². The standard InChI is InChI=1S/C23H26N2O5/c1-27-18-9-7-8-16(12-18)19(25-10-5-6-11-25)15-22(26)24-17-13-20(28-2)23(30-4)21(14-17)29-3/h5-14,19H,15H2,1-4H3,(H,24,26)/t19-/m1/s1. The van der Waals surface area contributed by atoms with Gasteiger partial charge in [-0.1, -0.05) is 12.1 Å². The van der Waals surface area contributed by atoms with Crippen LogP contribution in [-0.2, 0) is 4.79 Å². The van der Waals surface area contributed by atoms with E-state index in [1.54, 1.807) is 19.2 Å². The van der Waals surface area contributed by atoms with E-state index in [9.17, 15) is 4.79 Å². The number of hydrogen-bond acceptors (Lipinski definition) is 5. The first-order valence-corrected chi connectivity index (χ1v) is 9.45. The van der Waals surface area contributed by atoms with Crippen molar-refractivity contribution in [3.05, 3.63) is 66.5 Å². The molecular formula is C23H26N2O5. The Bertz CT molecular complexity index is 960. The van der Waals surface area contributed by atoms with Crippen LogP contribution >= 0.6 is 0 Å². The van der Waals surface area contributed by atoms with Crippen LogP contribution in [0.3, 0.4) is 0 Å². The SMILES string of the molecule is COc1cccc([C@@H](CC(=O)Nc2cc(OC)c(OC)c(OC)c2)n2cccc2)c1. The number of nitrogens with one attached hydrogen (secondary N) is 1. The topological polar surface area (TPSA) is 71.0 Å². The third-order valence-electron chi connectivity index (χ3n) is 4.79. The Hall–Kier alpha value is -3.61. The third kappa shape index (κ3) is 4.68. The minimum Gasteiger partial charge on any atom is -0.497 e. The van der Waals surface area contributed by atoms with Crippen LogP contribution in [0.25, 0.3) is 0 Å². The summed E-state index contributed by atoms with van der Waals surface area (Å²) in [4.78, 5) is 12.9. The highest BCUT2D eigenvalue weighted by Crippen LogP contribution is 2.40. The molecule has 1 amide bonds. The Kier molecular flexibility index (Phi) is 6.85. The number of hydrogen-bond donors (Lipinski definition) is 1. The van der Waals surface area contributed by atoms with Crippen molar-refractivity contribution in [1.29, 1.82) is 0 Å². The maximum atomic E-state index is 12.9. The van der Waals surface area contributed by atoms with E-state index in [0.29, 0.717) is 22.9 Å². The van der Waals surface area contributed by atoms with Gasteiger partial charge in [0.15, 0.2) is 11.5 Å². The van der Waals surface area contributed by atoms with Gasteiger partial charge in [-0.3, -0.25) is 4.79 Å². The van der Waals surface area contributed by atoms with E-state index in [1.165, 1.54) is 21.3 Å². The molecule has 0 saturated carbocycles. The maximum Gasteiger partial charge on any atom is 0.226 e. The van der Waals surface area contributed by atoms with Crippen LogP contribution in [0.15, 0.2) is 60.9 Å². The fraction of sp³-hybridized carbons (Fsp3) is 0.261. The summed E-state index contributed by atoms with van der Waals surface area (Å²) in [7, 11) is 6.23. The van der Waals surface area contributed by atoms with Gasteiger partial charge in [0.05, 0.1) is 40.9 Å². The molecule has 0 aliphatic carbocycles. The predicted octanol–water partition coefficient (Wildman–Crippen LogP) is 4.14. The molecule has 30 heavy (non-hydrogen) atoms. The fourth-order valence-electron chi connectivity index (χ4n) is 3.34. The Morgan fingerprint density at radius 1 is 0.900 bits per heavy atom. The predicted molar refractivity (Wildman–Crippen MR) is 115 cm³/mol. The lowest BCUT2D eigenvalue weighted by Gasteiger charge is -2.20. The number of nitrogens with zero attached hydrogens (tertiary/aromatic N) is 1. The molecule has 0 saturated heterocycles. The van der Waals surface area contributed by atoms with Crippen LogP contribution in [0.1, 0.15) is 18.0 Å².